The standard InChI is InChI=1S/C21H18Cl2N4OS/c1-25-20-14(22)6-4-8-17(20)29(23)11-26-16-10-9-13-12-5-2-3-7-15(12)27-21(28)18(13)19(16)24/h2-11,25-26H,24H2,1H3,(H,27,28). The Morgan fingerprint density at radius 2 is 1.86 bits per heavy atom. The number of anilines is 3. The maximum Gasteiger partial charge on any atom is 0.258 e. The third-order valence-corrected chi connectivity index (χ3v) is 6.86. The molecule has 0 aliphatic carbocycles. The maximum atomic E-state index is 12.6. The molecule has 0 amide bonds. The first-order valence-corrected chi connectivity index (χ1v) is 11.3. The molecule has 0 fully saturated rings. The van der Waals surface area contributed by atoms with Crippen LogP contribution in [0.4, 0.5) is 17.1 Å². The molecule has 3 aromatic carbocycles. The van der Waals surface area contributed by atoms with Gasteiger partial charge in [-0.2, -0.15) is 0 Å². The van der Waals surface area contributed by atoms with E-state index in [1.165, 1.54) is 0 Å². The number of hydrogen-bond donors (Lipinski definition) is 4. The van der Waals surface area contributed by atoms with E-state index >= 15 is 0 Å². The van der Waals surface area contributed by atoms with Gasteiger partial charge in [0.05, 0.1) is 27.5 Å². The average Bonchev–Trinajstić information content (AvgIpc) is 2.72. The van der Waals surface area contributed by atoms with Gasteiger partial charge >= 0.3 is 0 Å². The van der Waals surface area contributed by atoms with Crippen molar-refractivity contribution in [3.63, 3.8) is 0 Å². The van der Waals surface area contributed by atoms with Gasteiger partial charge in [0.2, 0.25) is 0 Å². The Labute approximate surface area is 179 Å². The summed E-state index contributed by atoms with van der Waals surface area (Å²) < 4.78 is 0. The van der Waals surface area contributed by atoms with E-state index in [0.29, 0.717) is 21.8 Å². The van der Waals surface area contributed by atoms with Gasteiger partial charge in [-0.05, 0) is 50.0 Å². The van der Waals surface area contributed by atoms with Crippen LogP contribution >= 0.6 is 32.0 Å². The number of halogens is 2. The number of aromatic amines is 1. The van der Waals surface area contributed by atoms with Crippen molar-refractivity contribution in [2.24, 2.45) is 0 Å². The van der Waals surface area contributed by atoms with Gasteiger partial charge in [-0.1, -0.05) is 41.9 Å². The zero-order chi connectivity index (χ0) is 20.5. The summed E-state index contributed by atoms with van der Waals surface area (Å²) in [6, 6.07) is 17.0. The summed E-state index contributed by atoms with van der Waals surface area (Å²) in [5.74, 6) is 0. The summed E-state index contributed by atoms with van der Waals surface area (Å²) in [6.07, 6.45) is 0. The van der Waals surface area contributed by atoms with Crippen molar-refractivity contribution in [1.82, 2.24) is 4.98 Å². The predicted octanol–water partition coefficient (Wildman–Crippen LogP) is 5.61. The quantitative estimate of drug-likeness (QED) is 0.187. The number of rotatable bonds is 4. The lowest BCUT2D eigenvalue weighted by Crippen LogP contribution is -2.10. The highest BCUT2D eigenvalue weighted by atomic mass is 35.7. The first-order valence-electron chi connectivity index (χ1n) is 8.80. The van der Waals surface area contributed by atoms with Crippen LogP contribution in [0.3, 0.4) is 0 Å². The molecule has 0 saturated heterocycles. The zero-order valence-corrected chi connectivity index (χ0v) is 17.8. The summed E-state index contributed by atoms with van der Waals surface area (Å²) in [5.41, 5.74) is 10.4. The minimum absolute atomic E-state index is 0.225. The Morgan fingerprint density at radius 1 is 1.07 bits per heavy atom. The minimum atomic E-state index is -0.778. The van der Waals surface area contributed by atoms with E-state index in [2.05, 4.69) is 15.6 Å². The van der Waals surface area contributed by atoms with Crippen molar-refractivity contribution in [2.75, 3.05) is 23.4 Å². The number of para-hydroxylation sites is 2. The fourth-order valence-corrected chi connectivity index (χ4v) is 5.13. The molecule has 5 N–H and O–H groups in total. The third kappa shape index (κ3) is 3.55. The van der Waals surface area contributed by atoms with Crippen molar-refractivity contribution in [2.45, 2.75) is 4.90 Å². The molecule has 1 unspecified atom stereocenters. The van der Waals surface area contributed by atoms with Crippen LogP contribution in [-0.2, 0) is 0 Å². The van der Waals surface area contributed by atoms with Gasteiger partial charge in [-0.25, -0.2) is 0 Å². The van der Waals surface area contributed by atoms with Gasteiger partial charge < -0.3 is 21.4 Å². The molecule has 1 atom stereocenters. The molecule has 148 valence electrons. The lowest BCUT2D eigenvalue weighted by molar-refractivity contribution is 1.34. The molecule has 0 radical (unpaired) electrons. The number of H-pyrrole nitrogens is 1. The Balaban J connectivity index is 1.78. The van der Waals surface area contributed by atoms with E-state index in [4.69, 9.17) is 28.0 Å². The molecule has 29 heavy (non-hydrogen) atoms. The van der Waals surface area contributed by atoms with Crippen LogP contribution in [0.25, 0.3) is 21.7 Å². The molecule has 8 heteroatoms. The minimum Gasteiger partial charge on any atom is -0.396 e. The van der Waals surface area contributed by atoms with E-state index in [9.17, 15) is 4.79 Å². The predicted molar refractivity (Wildman–Crippen MR) is 129 cm³/mol. The molecule has 5 nitrogen and oxygen atoms in total. The molecular weight excluding hydrogens is 427 g/mol. The molecule has 0 saturated carbocycles. The van der Waals surface area contributed by atoms with Crippen molar-refractivity contribution in [3.05, 3.63) is 70.0 Å². The normalized spacial score (nSPS) is 12.4. The van der Waals surface area contributed by atoms with E-state index in [-0.39, 0.29) is 5.56 Å². The Kier molecular flexibility index (Phi) is 5.41. The van der Waals surface area contributed by atoms with Crippen molar-refractivity contribution < 1.29 is 0 Å². The second-order valence-electron chi connectivity index (χ2n) is 6.36. The van der Waals surface area contributed by atoms with E-state index < -0.39 is 9.70 Å². The van der Waals surface area contributed by atoms with E-state index in [0.717, 1.165) is 26.9 Å². The lowest BCUT2D eigenvalue weighted by Gasteiger charge is -2.13. The summed E-state index contributed by atoms with van der Waals surface area (Å²) in [6.45, 7) is 0. The van der Waals surface area contributed by atoms with Crippen molar-refractivity contribution in [3.8, 4) is 0 Å². The number of fused-ring (bicyclic) bond motifs is 3. The number of nitrogen functional groups attached to an aromatic ring is 1. The molecule has 0 aliphatic heterocycles. The number of pyridine rings is 1. The van der Waals surface area contributed by atoms with Gasteiger partial charge in [-0.15, -0.1) is 0 Å². The molecule has 0 bridgehead atoms. The zero-order valence-electron chi connectivity index (χ0n) is 15.4. The number of benzene rings is 3. The fraction of sp³-hybridized carbons (Fsp3) is 0.0476. The van der Waals surface area contributed by atoms with Gasteiger partial charge in [0.1, 0.15) is 0 Å². The first-order chi connectivity index (χ1) is 14.0. The number of nitrogens with two attached hydrogens (primary N) is 1. The second-order valence-corrected chi connectivity index (χ2v) is 9.01. The SMILES string of the molecule is CNc1c(Cl)cccc1/S(Cl)=C/Nc1ccc2c(c1N)c(=O)[nH]c1ccccc12. The molecule has 1 aromatic heterocycles. The highest BCUT2D eigenvalue weighted by molar-refractivity contribution is 8.34. The fourth-order valence-electron chi connectivity index (χ4n) is 3.31. The molecular formula is C21H18Cl2N4OS. The van der Waals surface area contributed by atoms with Gasteiger partial charge in [0.25, 0.3) is 5.56 Å². The lowest BCUT2D eigenvalue weighted by atomic mass is 10.0. The maximum absolute atomic E-state index is 12.6. The summed E-state index contributed by atoms with van der Waals surface area (Å²) in [5, 5.41) is 9.04. The number of hydrogen-bond acceptors (Lipinski definition) is 3. The Morgan fingerprint density at radius 3 is 2.66 bits per heavy atom. The number of nitrogens with one attached hydrogen (secondary N) is 3. The van der Waals surface area contributed by atoms with Crippen LogP contribution < -0.4 is 21.9 Å². The van der Waals surface area contributed by atoms with Crippen LogP contribution in [0, 0.1) is 0 Å². The largest absolute Gasteiger partial charge is 0.396 e. The van der Waals surface area contributed by atoms with Crippen LogP contribution in [-0.4, -0.2) is 17.5 Å². The van der Waals surface area contributed by atoms with Crippen molar-refractivity contribution in [1.29, 1.82) is 0 Å². The molecule has 4 rings (SSSR count). The second kappa shape index (κ2) is 7.99. The van der Waals surface area contributed by atoms with E-state index in [1.807, 2.05) is 48.5 Å². The topological polar surface area (TPSA) is 82.9 Å². The highest BCUT2D eigenvalue weighted by Gasteiger charge is 2.12. The van der Waals surface area contributed by atoms with E-state index in [1.54, 1.807) is 18.6 Å². The number of aromatic nitrogens is 1. The van der Waals surface area contributed by atoms with Crippen LogP contribution in [0.1, 0.15) is 0 Å². The smallest absolute Gasteiger partial charge is 0.258 e. The first kappa shape index (κ1) is 19.6. The summed E-state index contributed by atoms with van der Waals surface area (Å²) in [7, 11) is 7.61. The van der Waals surface area contributed by atoms with Crippen LogP contribution in [0.2, 0.25) is 5.02 Å². The molecule has 1 heterocycles. The van der Waals surface area contributed by atoms with Crippen LogP contribution in [0.5, 0.6) is 0 Å². The Hall–Kier alpha value is -2.67. The average molecular weight is 445 g/mol. The third-order valence-electron chi connectivity index (χ3n) is 4.69. The molecule has 0 spiro atoms. The van der Waals surface area contributed by atoms with Crippen LogP contribution in [0.15, 0.2) is 64.3 Å². The van der Waals surface area contributed by atoms with Crippen molar-refractivity contribution >= 4 is 76.2 Å². The van der Waals surface area contributed by atoms with Gasteiger partial charge in [0.15, 0.2) is 0 Å². The highest BCUT2D eigenvalue weighted by Crippen LogP contribution is 2.40. The Bertz CT molecular complexity index is 1330. The summed E-state index contributed by atoms with van der Waals surface area (Å²) in [4.78, 5) is 16.4. The monoisotopic (exact) mass is 444 g/mol. The van der Waals surface area contributed by atoms with Gasteiger partial charge in [0, 0.05) is 28.3 Å². The van der Waals surface area contributed by atoms with Gasteiger partial charge in [-0.3, -0.25) is 4.79 Å². The molecule has 0 aliphatic rings. The summed E-state index contributed by atoms with van der Waals surface area (Å²) >= 11 is 6.24. The molecule has 4 aromatic rings.